The van der Waals surface area contributed by atoms with Gasteiger partial charge in [-0.15, -0.1) is 0 Å². The van der Waals surface area contributed by atoms with Crippen LogP contribution in [0.3, 0.4) is 0 Å². The van der Waals surface area contributed by atoms with Crippen molar-refractivity contribution in [3.05, 3.63) is 0 Å². The molecule has 1 atom stereocenters. The van der Waals surface area contributed by atoms with Crippen molar-refractivity contribution in [1.82, 2.24) is 5.32 Å². The fourth-order valence-corrected chi connectivity index (χ4v) is 1.43. The molecule has 0 amide bonds. The van der Waals surface area contributed by atoms with Crippen LogP contribution < -0.4 is 5.32 Å². The van der Waals surface area contributed by atoms with Gasteiger partial charge in [0.1, 0.15) is 4.83 Å². The van der Waals surface area contributed by atoms with Gasteiger partial charge >= 0.3 is 12.1 Å². The van der Waals surface area contributed by atoms with Crippen molar-refractivity contribution in [2.24, 2.45) is 0 Å². The number of halogens is 4. The lowest BCUT2D eigenvalue weighted by Gasteiger charge is -2.09. The first-order valence-electron chi connectivity index (χ1n) is 4.86. The Hall–Kier alpha value is -0.300. The summed E-state index contributed by atoms with van der Waals surface area (Å²) in [7, 11) is 1.28. The van der Waals surface area contributed by atoms with Crippen LogP contribution >= 0.6 is 15.9 Å². The smallest absolute Gasteiger partial charge is 0.389 e. The first-order chi connectivity index (χ1) is 7.37. The molecule has 0 aromatic heterocycles. The van der Waals surface area contributed by atoms with Gasteiger partial charge in [-0.25, -0.2) is 0 Å². The average Bonchev–Trinajstić information content (AvgIpc) is 2.20. The van der Waals surface area contributed by atoms with Crippen molar-refractivity contribution in [2.45, 2.75) is 30.3 Å². The minimum Gasteiger partial charge on any atom is -0.468 e. The first kappa shape index (κ1) is 15.7. The number of hydrogen-bond donors (Lipinski definition) is 1. The molecule has 0 aliphatic rings. The normalized spacial score (nSPS) is 13.6. The molecule has 0 aromatic carbocycles. The molecule has 96 valence electrons. The zero-order chi connectivity index (χ0) is 12.6. The first-order valence-corrected chi connectivity index (χ1v) is 5.77. The second-order valence-corrected chi connectivity index (χ2v) is 4.37. The molecule has 3 nitrogen and oxygen atoms in total. The number of unbranched alkanes of at least 4 members (excludes halogenated alkanes) is 1. The molecule has 0 fully saturated rings. The van der Waals surface area contributed by atoms with Crippen molar-refractivity contribution in [2.75, 3.05) is 20.2 Å². The van der Waals surface area contributed by atoms with E-state index in [-0.39, 0.29) is 6.42 Å². The van der Waals surface area contributed by atoms with Crippen LogP contribution in [0.2, 0.25) is 0 Å². The molecule has 0 rings (SSSR count). The molecule has 0 spiro atoms. The molecular formula is C9H15BrF3NO2. The number of carbonyl (C=O) groups is 1. The molecule has 0 saturated heterocycles. The Kier molecular flexibility index (Phi) is 7.74. The molecule has 1 unspecified atom stereocenters. The highest BCUT2D eigenvalue weighted by Gasteiger charge is 2.25. The van der Waals surface area contributed by atoms with E-state index in [4.69, 9.17) is 0 Å². The Morgan fingerprint density at radius 1 is 1.44 bits per heavy atom. The van der Waals surface area contributed by atoms with E-state index in [2.05, 4.69) is 26.0 Å². The van der Waals surface area contributed by atoms with Crippen LogP contribution in [0.1, 0.15) is 19.3 Å². The van der Waals surface area contributed by atoms with Gasteiger partial charge in [0.2, 0.25) is 0 Å². The van der Waals surface area contributed by atoms with E-state index in [1.54, 1.807) is 0 Å². The lowest BCUT2D eigenvalue weighted by Crippen LogP contribution is -2.30. The van der Waals surface area contributed by atoms with Crippen LogP contribution in [0.25, 0.3) is 0 Å². The molecule has 16 heavy (non-hydrogen) atoms. The van der Waals surface area contributed by atoms with Crippen molar-refractivity contribution >= 4 is 21.9 Å². The molecule has 7 heteroatoms. The molecule has 0 aliphatic carbocycles. The fraction of sp³-hybridized carbons (Fsp3) is 0.889. The van der Waals surface area contributed by atoms with Crippen molar-refractivity contribution in [3.8, 4) is 0 Å². The highest BCUT2D eigenvalue weighted by molar-refractivity contribution is 9.10. The largest absolute Gasteiger partial charge is 0.468 e. The summed E-state index contributed by atoms with van der Waals surface area (Å²) in [6, 6.07) is 0. The number of esters is 1. The molecule has 0 saturated carbocycles. The Bertz CT molecular complexity index is 211. The van der Waals surface area contributed by atoms with Gasteiger partial charge in [0.15, 0.2) is 0 Å². The van der Waals surface area contributed by atoms with Gasteiger partial charge in [-0.2, -0.15) is 13.2 Å². The molecule has 0 aliphatic heterocycles. The predicted molar refractivity (Wildman–Crippen MR) is 57.5 cm³/mol. The van der Waals surface area contributed by atoms with E-state index >= 15 is 0 Å². The number of methoxy groups -OCH3 is 1. The summed E-state index contributed by atoms with van der Waals surface area (Å²) in [4.78, 5) is 10.4. The quantitative estimate of drug-likeness (QED) is 0.445. The maximum atomic E-state index is 11.8. The molecule has 1 N–H and O–H groups in total. The average molecular weight is 306 g/mol. The SMILES string of the molecule is COC(=O)C(Br)CNCCCCC(F)(F)F. The number of hydrogen-bond acceptors (Lipinski definition) is 3. The van der Waals surface area contributed by atoms with Gasteiger partial charge in [-0.1, -0.05) is 15.9 Å². The number of rotatable bonds is 7. The molecule has 0 aromatic rings. The minimum absolute atomic E-state index is 0.0989. The third-order valence-corrected chi connectivity index (χ3v) is 2.54. The van der Waals surface area contributed by atoms with Crippen molar-refractivity contribution in [3.63, 3.8) is 0 Å². The van der Waals surface area contributed by atoms with E-state index in [1.165, 1.54) is 7.11 Å². The second-order valence-electron chi connectivity index (χ2n) is 3.27. The molecular weight excluding hydrogens is 291 g/mol. The predicted octanol–water partition coefficient (Wildman–Crippen LogP) is 2.25. The summed E-state index contributed by atoms with van der Waals surface area (Å²) in [6.45, 7) is 0.799. The molecule has 0 radical (unpaired) electrons. The van der Waals surface area contributed by atoms with E-state index in [0.717, 1.165) is 0 Å². The third kappa shape index (κ3) is 8.96. The summed E-state index contributed by atoms with van der Waals surface area (Å²) in [5.41, 5.74) is 0. The standard InChI is InChI=1S/C9H15BrF3NO2/c1-16-8(15)7(10)6-14-5-3-2-4-9(11,12)13/h7,14H,2-6H2,1H3. The Labute approximate surface area is 101 Å². The van der Waals surface area contributed by atoms with Crippen LogP contribution in [0.5, 0.6) is 0 Å². The summed E-state index contributed by atoms with van der Waals surface area (Å²) in [5.74, 6) is -0.400. The lowest BCUT2D eigenvalue weighted by atomic mass is 10.2. The van der Waals surface area contributed by atoms with Crippen LogP contribution in [0, 0.1) is 0 Å². The lowest BCUT2D eigenvalue weighted by molar-refractivity contribution is -0.139. The topological polar surface area (TPSA) is 38.3 Å². The van der Waals surface area contributed by atoms with Crippen LogP contribution in [0.4, 0.5) is 13.2 Å². The highest BCUT2D eigenvalue weighted by atomic mass is 79.9. The third-order valence-electron chi connectivity index (χ3n) is 1.84. The fourth-order valence-electron chi connectivity index (χ4n) is 1.02. The summed E-state index contributed by atoms with van der Waals surface area (Å²) < 4.78 is 39.7. The monoisotopic (exact) mass is 305 g/mol. The zero-order valence-corrected chi connectivity index (χ0v) is 10.5. The van der Waals surface area contributed by atoms with Gasteiger partial charge in [0.25, 0.3) is 0 Å². The van der Waals surface area contributed by atoms with Crippen LogP contribution in [-0.2, 0) is 9.53 Å². The Morgan fingerprint density at radius 2 is 2.06 bits per heavy atom. The van der Waals surface area contributed by atoms with E-state index in [1.807, 2.05) is 0 Å². The maximum Gasteiger partial charge on any atom is 0.389 e. The highest BCUT2D eigenvalue weighted by Crippen LogP contribution is 2.21. The maximum absolute atomic E-state index is 11.8. The minimum atomic E-state index is -4.08. The van der Waals surface area contributed by atoms with Gasteiger partial charge < -0.3 is 10.1 Å². The molecule has 0 bridgehead atoms. The number of ether oxygens (including phenoxy) is 1. The Balaban J connectivity index is 3.37. The molecule has 0 heterocycles. The van der Waals surface area contributed by atoms with Crippen LogP contribution in [-0.4, -0.2) is 37.2 Å². The summed E-state index contributed by atoms with van der Waals surface area (Å²) in [5, 5.41) is 2.87. The van der Waals surface area contributed by atoms with Gasteiger partial charge in [-0.05, 0) is 19.4 Å². The van der Waals surface area contributed by atoms with E-state index in [9.17, 15) is 18.0 Å². The van der Waals surface area contributed by atoms with Gasteiger partial charge in [0.05, 0.1) is 7.11 Å². The van der Waals surface area contributed by atoms with Gasteiger partial charge in [0, 0.05) is 13.0 Å². The van der Waals surface area contributed by atoms with E-state index < -0.39 is 23.4 Å². The van der Waals surface area contributed by atoms with E-state index in [0.29, 0.717) is 19.5 Å². The number of alkyl halides is 4. The van der Waals surface area contributed by atoms with Gasteiger partial charge in [-0.3, -0.25) is 4.79 Å². The van der Waals surface area contributed by atoms with Crippen molar-refractivity contribution in [1.29, 1.82) is 0 Å². The van der Waals surface area contributed by atoms with Crippen LogP contribution in [0.15, 0.2) is 0 Å². The summed E-state index contributed by atoms with van der Waals surface area (Å²) in [6.07, 6.45) is -4.31. The summed E-state index contributed by atoms with van der Waals surface area (Å²) >= 11 is 3.09. The Morgan fingerprint density at radius 3 is 2.56 bits per heavy atom. The second kappa shape index (κ2) is 7.89. The number of nitrogens with one attached hydrogen (secondary N) is 1. The van der Waals surface area contributed by atoms with Crippen molar-refractivity contribution < 1.29 is 22.7 Å². The number of carbonyl (C=O) groups excluding carboxylic acids is 1. The zero-order valence-electron chi connectivity index (χ0n) is 8.94.